The molecule has 0 bridgehead atoms. The standard InChI is InChI=1S/C69H48N2/c1-6-20-47(21-7-1)54-40-55(48-22-8-2-9-23-48)43-58(42-54)67-61-30-16-17-31-62(61)68(59-44-56(49-24-10-3-11-25-49)41-57(45-59)50-26-12-4-13-27-50)64-46-53(38-39-63(64)67)51-34-36-52(37-35-51)69-70-65-32-18-19-33-66(65)71(69)60-28-14-5-15-29-60/h1-46,69-70H. The summed E-state index contributed by atoms with van der Waals surface area (Å²) >= 11 is 0. The molecule has 13 rings (SSSR count). The van der Waals surface area contributed by atoms with Crippen molar-refractivity contribution in [3.05, 3.63) is 285 Å². The van der Waals surface area contributed by atoms with Crippen LogP contribution in [-0.2, 0) is 0 Å². The van der Waals surface area contributed by atoms with Crippen LogP contribution in [0.2, 0.25) is 0 Å². The fourth-order valence-electron chi connectivity index (χ4n) is 10.8. The Bertz CT molecular complexity index is 3750. The first-order chi connectivity index (χ1) is 35.2. The molecule has 1 aliphatic rings. The van der Waals surface area contributed by atoms with Gasteiger partial charge in [-0.1, -0.05) is 212 Å². The second-order valence-corrected chi connectivity index (χ2v) is 18.5. The molecule has 0 aliphatic carbocycles. The summed E-state index contributed by atoms with van der Waals surface area (Å²) in [6.45, 7) is 0. The van der Waals surface area contributed by atoms with Gasteiger partial charge in [0.1, 0.15) is 6.17 Å². The molecule has 1 atom stereocenters. The van der Waals surface area contributed by atoms with Crippen LogP contribution in [-0.4, -0.2) is 0 Å². The molecule has 1 aliphatic heterocycles. The third kappa shape index (κ3) is 7.82. The number of hydrogen-bond acceptors (Lipinski definition) is 2. The third-order valence-corrected chi connectivity index (χ3v) is 14.2. The van der Waals surface area contributed by atoms with Crippen LogP contribution in [0.15, 0.2) is 279 Å². The molecule has 1 heterocycles. The first-order valence-electron chi connectivity index (χ1n) is 24.5. The number of nitrogens with one attached hydrogen (secondary N) is 1. The molecule has 0 fully saturated rings. The summed E-state index contributed by atoms with van der Waals surface area (Å²) in [6, 6.07) is 102. The van der Waals surface area contributed by atoms with Crippen LogP contribution in [0.5, 0.6) is 0 Å². The summed E-state index contributed by atoms with van der Waals surface area (Å²) in [5.41, 5.74) is 21.3. The molecule has 0 spiro atoms. The Hall–Kier alpha value is -9.24. The van der Waals surface area contributed by atoms with E-state index in [1.54, 1.807) is 0 Å². The van der Waals surface area contributed by atoms with E-state index >= 15 is 0 Å². The first kappa shape index (κ1) is 41.9. The van der Waals surface area contributed by atoms with Crippen LogP contribution < -0.4 is 10.2 Å². The van der Waals surface area contributed by atoms with Gasteiger partial charge in [0.2, 0.25) is 0 Å². The molecule has 12 aromatic carbocycles. The zero-order valence-electron chi connectivity index (χ0n) is 39.1. The average molecular weight is 905 g/mol. The molecule has 0 saturated carbocycles. The van der Waals surface area contributed by atoms with E-state index in [0.717, 1.165) is 11.4 Å². The monoisotopic (exact) mass is 904 g/mol. The minimum Gasteiger partial charge on any atom is -0.359 e. The van der Waals surface area contributed by atoms with E-state index in [2.05, 4.69) is 289 Å². The molecule has 0 saturated heterocycles. The third-order valence-electron chi connectivity index (χ3n) is 14.2. The quantitative estimate of drug-likeness (QED) is 0.145. The Labute approximate surface area is 415 Å². The van der Waals surface area contributed by atoms with Gasteiger partial charge in [0.05, 0.1) is 11.4 Å². The number of para-hydroxylation sites is 3. The Morgan fingerprint density at radius 1 is 0.254 bits per heavy atom. The van der Waals surface area contributed by atoms with Crippen molar-refractivity contribution in [2.45, 2.75) is 6.17 Å². The second-order valence-electron chi connectivity index (χ2n) is 18.5. The fraction of sp³-hybridized carbons (Fsp3) is 0.0145. The second kappa shape index (κ2) is 18.0. The van der Waals surface area contributed by atoms with Crippen LogP contribution in [0.3, 0.4) is 0 Å². The molecule has 71 heavy (non-hydrogen) atoms. The number of benzene rings is 12. The molecule has 1 unspecified atom stereocenters. The smallest absolute Gasteiger partial charge is 0.130 e. The van der Waals surface area contributed by atoms with Crippen molar-refractivity contribution in [3.8, 4) is 77.9 Å². The van der Waals surface area contributed by atoms with Crippen LogP contribution in [0.4, 0.5) is 17.1 Å². The normalized spacial score (nSPS) is 13.0. The highest BCUT2D eigenvalue weighted by Gasteiger charge is 2.31. The Balaban J connectivity index is 1.04. The van der Waals surface area contributed by atoms with Crippen LogP contribution in [0.1, 0.15) is 11.7 Å². The van der Waals surface area contributed by atoms with Gasteiger partial charge >= 0.3 is 0 Å². The lowest BCUT2D eigenvalue weighted by molar-refractivity contribution is 0.828. The highest BCUT2D eigenvalue weighted by molar-refractivity contribution is 6.22. The zero-order valence-corrected chi connectivity index (χ0v) is 39.1. The summed E-state index contributed by atoms with van der Waals surface area (Å²) in [5.74, 6) is 0. The maximum atomic E-state index is 3.83. The van der Waals surface area contributed by atoms with Crippen molar-refractivity contribution >= 4 is 38.6 Å². The lowest BCUT2D eigenvalue weighted by atomic mass is 9.82. The first-order valence-corrected chi connectivity index (χ1v) is 24.5. The van der Waals surface area contributed by atoms with E-state index in [9.17, 15) is 0 Å². The van der Waals surface area contributed by atoms with Gasteiger partial charge in [-0.15, -0.1) is 0 Å². The van der Waals surface area contributed by atoms with Gasteiger partial charge in [-0.2, -0.15) is 0 Å². The lowest BCUT2D eigenvalue weighted by Gasteiger charge is -2.27. The Kier molecular flexibility index (Phi) is 10.6. The molecular formula is C69H48N2. The summed E-state index contributed by atoms with van der Waals surface area (Å²) in [6.07, 6.45) is -0.0518. The van der Waals surface area contributed by atoms with Gasteiger partial charge in [-0.25, -0.2) is 0 Å². The van der Waals surface area contributed by atoms with Crippen molar-refractivity contribution in [2.24, 2.45) is 0 Å². The fourth-order valence-corrected chi connectivity index (χ4v) is 10.8. The van der Waals surface area contributed by atoms with Gasteiger partial charge < -0.3 is 10.2 Å². The van der Waals surface area contributed by atoms with Crippen molar-refractivity contribution in [1.82, 2.24) is 0 Å². The number of hydrogen-bond donors (Lipinski definition) is 1. The average Bonchev–Trinajstić information content (AvgIpc) is 3.85. The topological polar surface area (TPSA) is 15.3 Å². The summed E-state index contributed by atoms with van der Waals surface area (Å²) < 4.78 is 0. The van der Waals surface area contributed by atoms with E-state index in [4.69, 9.17) is 0 Å². The van der Waals surface area contributed by atoms with Crippen molar-refractivity contribution in [1.29, 1.82) is 0 Å². The molecule has 12 aromatic rings. The molecule has 334 valence electrons. The Morgan fingerprint density at radius 2 is 0.620 bits per heavy atom. The predicted octanol–water partition coefficient (Wildman–Crippen LogP) is 18.9. The maximum absolute atomic E-state index is 3.83. The number of nitrogens with zero attached hydrogens (tertiary/aromatic N) is 1. The van der Waals surface area contributed by atoms with Gasteiger partial charge in [0.15, 0.2) is 0 Å². The number of fused-ring (bicyclic) bond motifs is 3. The summed E-state index contributed by atoms with van der Waals surface area (Å²) in [4.78, 5) is 2.41. The van der Waals surface area contributed by atoms with Crippen LogP contribution in [0, 0.1) is 0 Å². The lowest BCUT2D eigenvalue weighted by Crippen LogP contribution is -2.23. The van der Waals surface area contributed by atoms with E-state index in [1.807, 2.05) is 0 Å². The molecule has 1 N–H and O–H groups in total. The largest absolute Gasteiger partial charge is 0.359 e. The maximum Gasteiger partial charge on any atom is 0.130 e. The summed E-state index contributed by atoms with van der Waals surface area (Å²) in [7, 11) is 0. The van der Waals surface area contributed by atoms with E-state index in [1.165, 1.54) is 111 Å². The minimum atomic E-state index is -0.0518. The van der Waals surface area contributed by atoms with Gasteiger partial charge in [0, 0.05) is 5.69 Å². The number of anilines is 3. The summed E-state index contributed by atoms with van der Waals surface area (Å²) in [5, 5.41) is 8.68. The zero-order chi connectivity index (χ0) is 47.1. The van der Waals surface area contributed by atoms with Gasteiger partial charge in [-0.3, -0.25) is 0 Å². The van der Waals surface area contributed by atoms with Gasteiger partial charge in [-0.05, 0) is 172 Å². The van der Waals surface area contributed by atoms with Crippen LogP contribution in [0.25, 0.3) is 99.4 Å². The van der Waals surface area contributed by atoms with Gasteiger partial charge in [0.25, 0.3) is 0 Å². The minimum absolute atomic E-state index is 0.0518. The molecule has 0 amide bonds. The van der Waals surface area contributed by atoms with E-state index in [-0.39, 0.29) is 6.17 Å². The molecule has 2 heteroatoms. The molecule has 0 radical (unpaired) electrons. The van der Waals surface area contributed by atoms with Crippen LogP contribution >= 0.6 is 0 Å². The molecule has 2 nitrogen and oxygen atoms in total. The molecular weight excluding hydrogens is 857 g/mol. The predicted molar refractivity (Wildman–Crippen MR) is 301 cm³/mol. The molecule has 0 aromatic heterocycles. The highest BCUT2D eigenvalue weighted by atomic mass is 15.3. The van der Waals surface area contributed by atoms with E-state index < -0.39 is 0 Å². The van der Waals surface area contributed by atoms with Crippen molar-refractivity contribution < 1.29 is 0 Å². The van der Waals surface area contributed by atoms with E-state index in [0.29, 0.717) is 0 Å². The van der Waals surface area contributed by atoms with Crippen molar-refractivity contribution in [2.75, 3.05) is 10.2 Å². The van der Waals surface area contributed by atoms with Crippen molar-refractivity contribution in [3.63, 3.8) is 0 Å². The SMILES string of the molecule is c1ccc(-c2cc(-c3ccccc3)cc(-c3c4ccccc4c(-c4cc(-c5ccccc5)cc(-c5ccccc5)c4)c4cc(-c5ccc(C6Nc7ccccc7N6c6ccccc6)cc5)ccc34)c2)cc1. The Morgan fingerprint density at radius 3 is 1.11 bits per heavy atom. The number of rotatable bonds is 9. The highest BCUT2D eigenvalue weighted by Crippen LogP contribution is 2.49.